The van der Waals surface area contributed by atoms with Crippen molar-refractivity contribution in [3.63, 3.8) is 0 Å². The van der Waals surface area contributed by atoms with Gasteiger partial charge in [0, 0.05) is 38.4 Å². The van der Waals surface area contributed by atoms with Gasteiger partial charge in [0.05, 0.1) is 17.3 Å². The first-order chi connectivity index (χ1) is 14.0. The van der Waals surface area contributed by atoms with Gasteiger partial charge in [0.1, 0.15) is 17.1 Å². The van der Waals surface area contributed by atoms with Crippen LogP contribution in [0, 0.1) is 23.2 Å². The molecule has 152 valence electrons. The zero-order valence-electron chi connectivity index (χ0n) is 17.1. The Morgan fingerprint density at radius 3 is 2.79 bits per heavy atom. The van der Waals surface area contributed by atoms with Crippen LogP contribution in [0.2, 0.25) is 0 Å². The molecule has 2 aliphatic rings. The van der Waals surface area contributed by atoms with E-state index in [1.165, 1.54) is 6.42 Å². The predicted octanol–water partition coefficient (Wildman–Crippen LogP) is 2.17. The number of rotatable bonds is 4. The van der Waals surface area contributed by atoms with Gasteiger partial charge >= 0.3 is 0 Å². The summed E-state index contributed by atoms with van der Waals surface area (Å²) in [6.45, 7) is 5.91. The lowest BCUT2D eigenvalue weighted by molar-refractivity contribution is -0.123. The van der Waals surface area contributed by atoms with Crippen LogP contribution in [0.1, 0.15) is 31.7 Å². The van der Waals surface area contributed by atoms with Crippen LogP contribution < -0.4 is 10.2 Å². The Hall–Kier alpha value is -2.72. The minimum atomic E-state index is 0.117. The summed E-state index contributed by atoms with van der Waals surface area (Å²) in [4.78, 5) is 26.1. The number of carbonyl (C=O) groups is 1. The predicted molar refractivity (Wildman–Crippen MR) is 112 cm³/mol. The highest BCUT2D eigenvalue weighted by molar-refractivity contribution is 5.92. The molecule has 3 atom stereocenters. The van der Waals surface area contributed by atoms with Crippen LogP contribution in [-0.2, 0) is 4.79 Å². The molecule has 0 aliphatic carbocycles. The van der Waals surface area contributed by atoms with E-state index < -0.39 is 0 Å². The van der Waals surface area contributed by atoms with Crippen LogP contribution in [0.15, 0.2) is 24.5 Å². The first-order valence-corrected chi connectivity index (χ1v) is 10.4. The van der Waals surface area contributed by atoms with Crippen molar-refractivity contribution in [3.05, 3.63) is 30.1 Å². The standard InChI is InChI=1S/C22H28N6O/c1-15-12-28(19-6-5-17(11-23)21-22(19)25-8-7-24-21)14-18(15)26-20(29)10-16-4-3-9-27(2)13-16/h5-8,15-16,18H,3-4,9-10,12-14H2,1-2H3,(H,26,29)/t15-,16?,18?/m1/s1. The van der Waals surface area contributed by atoms with E-state index in [1.807, 2.05) is 12.1 Å². The zero-order chi connectivity index (χ0) is 20.4. The number of nitrogens with zero attached hydrogens (tertiary/aromatic N) is 5. The van der Waals surface area contributed by atoms with Crippen molar-refractivity contribution >= 4 is 22.6 Å². The third-order valence-corrected chi connectivity index (χ3v) is 6.22. The molecule has 1 N–H and O–H groups in total. The molecule has 4 rings (SSSR count). The lowest BCUT2D eigenvalue weighted by Gasteiger charge is -2.29. The van der Waals surface area contributed by atoms with E-state index in [0.29, 0.717) is 29.3 Å². The minimum absolute atomic E-state index is 0.117. The monoisotopic (exact) mass is 392 g/mol. The number of fused-ring (bicyclic) bond motifs is 1. The van der Waals surface area contributed by atoms with Crippen LogP contribution in [0.25, 0.3) is 11.0 Å². The van der Waals surface area contributed by atoms with Gasteiger partial charge in [-0.2, -0.15) is 5.26 Å². The largest absolute Gasteiger partial charge is 0.367 e. The Balaban J connectivity index is 1.44. The molecule has 0 radical (unpaired) electrons. The molecule has 7 nitrogen and oxygen atoms in total. The SMILES string of the molecule is C[C@@H]1CN(c2ccc(C#N)c3nccnc23)CC1NC(=O)CC1CCCN(C)C1. The van der Waals surface area contributed by atoms with Crippen LogP contribution in [0.5, 0.6) is 0 Å². The van der Waals surface area contributed by atoms with E-state index in [4.69, 9.17) is 0 Å². The Morgan fingerprint density at radius 1 is 1.24 bits per heavy atom. The fraction of sp³-hybridized carbons (Fsp3) is 0.545. The van der Waals surface area contributed by atoms with Gasteiger partial charge in [-0.25, -0.2) is 0 Å². The van der Waals surface area contributed by atoms with Gasteiger partial charge in [-0.15, -0.1) is 0 Å². The summed E-state index contributed by atoms with van der Waals surface area (Å²) < 4.78 is 0. The molecule has 1 aromatic heterocycles. The number of likely N-dealkylation sites (tertiary alicyclic amines) is 1. The zero-order valence-corrected chi connectivity index (χ0v) is 17.1. The highest BCUT2D eigenvalue weighted by atomic mass is 16.1. The lowest BCUT2D eigenvalue weighted by atomic mass is 9.94. The molecule has 29 heavy (non-hydrogen) atoms. The number of nitriles is 1. The molecule has 2 saturated heterocycles. The van der Waals surface area contributed by atoms with E-state index in [2.05, 4.69) is 45.1 Å². The summed E-state index contributed by atoms with van der Waals surface area (Å²) in [5.74, 6) is 0.961. The molecule has 0 bridgehead atoms. The Bertz CT molecular complexity index is 939. The van der Waals surface area contributed by atoms with E-state index in [1.54, 1.807) is 12.4 Å². The van der Waals surface area contributed by atoms with E-state index >= 15 is 0 Å². The van der Waals surface area contributed by atoms with Crippen LogP contribution >= 0.6 is 0 Å². The third kappa shape index (κ3) is 4.18. The topological polar surface area (TPSA) is 85.1 Å². The number of piperidine rings is 1. The molecule has 7 heteroatoms. The van der Waals surface area contributed by atoms with Crippen LogP contribution in [0.3, 0.4) is 0 Å². The van der Waals surface area contributed by atoms with Gasteiger partial charge < -0.3 is 15.1 Å². The van der Waals surface area contributed by atoms with Crippen molar-refractivity contribution in [3.8, 4) is 6.07 Å². The molecule has 1 amide bonds. The summed E-state index contributed by atoms with van der Waals surface area (Å²) in [6, 6.07) is 6.07. The van der Waals surface area contributed by atoms with Gasteiger partial charge in [0.15, 0.2) is 0 Å². The van der Waals surface area contributed by atoms with Crippen LogP contribution in [0.4, 0.5) is 5.69 Å². The molecule has 2 aromatic rings. The Labute approximate surface area is 171 Å². The van der Waals surface area contributed by atoms with E-state index in [0.717, 1.165) is 43.8 Å². The number of hydrogen-bond donors (Lipinski definition) is 1. The van der Waals surface area contributed by atoms with Crippen molar-refractivity contribution in [2.24, 2.45) is 11.8 Å². The fourth-order valence-corrected chi connectivity index (χ4v) is 4.71. The van der Waals surface area contributed by atoms with Gasteiger partial charge in [0.25, 0.3) is 0 Å². The number of anilines is 1. The van der Waals surface area contributed by atoms with Crippen LogP contribution in [-0.4, -0.2) is 60.0 Å². The number of nitrogens with one attached hydrogen (secondary N) is 1. The maximum absolute atomic E-state index is 12.7. The van der Waals surface area contributed by atoms with Gasteiger partial charge in [-0.3, -0.25) is 14.8 Å². The number of amides is 1. The Morgan fingerprint density at radius 2 is 2.03 bits per heavy atom. The van der Waals surface area contributed by atoms with Crippen molar-refractivity contribution in [2.45, 2.75) is 32.2 Å². The van der Waals surface area contributed by atoms with E-state index in [-0.39, 0.29) is 11.9 Å². The number of hydrogen-bond acceptors (Lipinski definition) is 6. The number of benzene rings is 1. The normalized spacial score (nSPS) is 25.1. The van der Waals surface area contributed by atoms with E-state index in [9.17, 15) is 10.1 Å². The maximum atomic E-state index is 12.7. The van der Waals surface area contributed by atoms with Crippen molar-refractivity contribution < 1.29 is 4.79 Å². The summed E-state index contributed by atoms with van der Waals surface area (Å²) in [5.41, 5.74) is 2.89. The average molecular weight is 393 g/mol. The fourth-order valence-electron chi connectivity index (χ4n) is 4.71. The van der Waals surface area contributed by atoms with Crippen molar-refractivity contribution in [1.82, 2.24) is 20.2 Å². The molecule has 0 saturated carbocycles. The number of aromatic nitrogens is 2. The van der Waals surface area contributed by atoms with Gasteiger partial charge in [0.2, 0.25) is 5.91 Å². The molecule has 2 unspecified atom stereocenters. The Kier molecular flexibility index (Phi) is 5.63. The molecular weight excluding hydrogens is 364 g/mol. The molecule has 2 fully saturated rings. The summed E-state index contributed by atoms with van der Waals surface area (Å²) in [7, 11) is 2.13. The van der Waals surface area contributed by atoms with Crippen molar-refractivity contribution in [1.29, 1.82) is 5.26 Å². The molecule has 0 spiro atoms. The maximum Gasteiger partial charge on any atom is 0.220 e. The third-order valence-electron chi connectivity index (χ3n) is 6.22. The summed E-state index contributed by atoms with van der Waals surface area (Å²) in [6.07, 6.45) is 6.20. The molecule has 2 aliphatic heterocycles. The first kappa shape index (κ1) is 19.6. The number of carbonyl (C=O) groups excluding carboxylic acids is 1. The first-order valence-electron chi connectivity index (χ1n) is 10.4. The second-order valence-corrected chi connectivity index (χ2v) is 8.53. The minimum Gasteiger partial charge on any atom is -0.367 e. The highest BCUT2D eigenvalue weighted by Gasteiger charge is 2.32. The average Bonchev–Trinajstić information content (AvgIpc) is 3.07. The smallest absolute Gasteiger partial charge is 0.220 e. The highest BCUT2D eigenvalue weighted by Crippen LogP contribution is 2.30. The molecule has 1 aromatic carbocycles. The van der Waals surface area contributed by atoms with Gasteiger partial charge in [-0.05, 0) is 50.4 Å². The molecule has 3 heterocycles. The van der Waals surface area contributed by atoms with Gasteiger partial charge in [-0.1, -0.05) is 6.92 Å². The second-order valence-electron chi connectivity index (χ2n) is 8.53. The quantitative estimate of drug-likeness (QED) is 0.858. The second kappa shape index (κ2) is 8.34. The van der Waals surface area contributed by atoms with Crippen molar-refractivity contribution in [2.75, 3.05) is 38.1 Å². The molecular formula is C22H28N6O. The summed E-state index contributed by atoms with van der Waals surface area (Å²) >= 11 is 0. The lowest BCUT2D eigenvalue weighted by Crippen LogP contribution is -2.42. The summed E-state index contributed by atoms with van der Waals surface area (Å²) in [5, 5.41) is 12.6.